The Morgan fingerprint density at radius 2 is 1.83 bits per heavy atom. The average molecular weight is 356 g/mol. The molecule has 0 aliphatic rings. The molecule has 1 unspecified atom stereocenters. The van der Waals surface area contributed by atoms with Gasteiger partial charge in [-0.1, -0.05) is 39.3 Å². The molecule has 24 heavy (non-hydrogen) atoms. The first-order chi connectivity index (χ1) is 11.1. The molecule has 1 rings (SSSR count). The fraction of sp³-hybridized carbons (Fsp3) is 0.588. The standard InChI is InChI=1S/C17H29N3O3S/c1-5-10-17(4,18)16(21)19-12-14-6-8-15(9-7-14)24(22,23)20-11-13(2)3/h6-9,13,20H,5,10-12,18H2,1-4H3,(H,19,21). The minimum Gasteiger partial charge on any atom is -0.350 e. The van der Waals surface area contributed by atoms with Crippen LogP contribution >= 0.6 is 0 Å². The lowest BCUT2D eigenvalue weighted by Crippen LogP contribution is -2.51. The number of carbonyl (C=O) groups is 1. The van der Waals surface area contributed by atoms with Crippen LogP contribution in [-0.4, -0.2) is 26.4 Å². The maximum atomic E-state index is 12.1. The maximum Gasteiger partial charge on any atom is 0.240 e. The van der Waals surface area contributed by atoms with Crippen molar-refractivity contribution in [1.29, 1.82) is 0 Å². The van der Waals surface area contributed by atoms with Crippen LogP contribution in [0.1, 0.15) is 46.1 Å². The van der Waals surface area contributed by atoms with E-state index in [1.54, 1.807) is 19.1 Å². The molecule has 136 valence electrons. The highest BCUT2D eigenvalue weighted by Gasteiger charge is 2.26. The number of nitrogens with one attached hydrogen (secondary N) is 2. The summed E-state index contributed by atoms with van der Waals surface area (Å²) in [5, 5.41) is 2.79. The summed E-state index contributed by atoms with van der Waals surface area (Å²) in [6, 6.07) is 6.46. The average Bonchev–Trinajstić information content (AvgIpc) is 2.51. The molecule has 1 atom stereocenters. The van der Waals surface area contributed by atoms with Gasteiger partial charge in [0.05, 0.1) is 10.4 Å². The van der Waals surface area contributed by atoms with Crippen LogP contribution in [-0.2, 0) is 21.4 Å². The predicted octanol–water partition coefficient (Wildman–Crippen LogP) is 1.75. The number of carbonyl (C=O) groups excluding carboxylic acids is 1. The number of benzene rings is 1. The van der Waals surface area contributed by atoms with Gasteiger partial charge < -0.3 is 11.1 Å². The smallest absolute Gasteiger partial charge is 0.240 e. The van der Waals surface area contributed by atoms with E-state index in [2.05, 4.69) is 10.0 Å². The Morgan fingerprint density at radius 3 is 2.33 bits per heavy atom. The summed E-state index contributed by atoms with van der Waals surface area (Å²) in [6.07, 6.45) is 1.44. The lowest BCUT2D eigenvalue weighted by molar-refractivity contribution is -0.126. The second kappa shape index (κ2) is 8.60. The zero-order chi connectivity index (χ0) is 18.4. The third-order valence-electron chi connectivity index (χ3n) is 3.66. The molecule has 6 nitrogen and oxygen atoms in total. The molecule has 1 aromatic rings. The zero-order valence-corrected chi connectivity index (χ0v) is 15.7. The summed E-state index contributed by atoms with van der Waals surface area (Å²) in [5.74, 6) is 0.0302. The molecule has 0 aromatic heterocycles. The van der Waals surface area contributed by atoms with Gasteiger partial charge >= 0.3 is 0 Å². The number of hydrogen-bond donors (Lipinski definition) is 3. The van der Waals surface area contributed by atoms with Crippen molar-refractivity contribution in [3.63, 3.8) is 0 Å². The molecule has 0 fully saturated rings. The first-order valence-electron chi connectivity index (χ1n) is 8.24. The molecule has 0 aliphatic carbocycles. The van der Waals surface area contributed by atoms with E-state index in [4.69, 9.17) is 5.73 Å². The van der Waals surface area contributed by atoms with Crippen LogP contribution in [0.15, 0.2) is 29.2 Å². The lowest BCUT2D eigenvalue weighted by Gasteiger charge is -2.22. The van der Waals surface area contributed by atoms with Crippen LogP contribution < -0.4 is 15.8 Å². The van der Waals surface area contributed by atoms with Crippen molar-refractivity contribution < 1.29 is 13.2 Å². The van der Waals surface area contributed by atoms with E-state index >= 15 is 0 Å². The Hall–Kier alpha value is -1.44. The normalized spacial score (nSPS) is 14.4. The highest BCUT2D eigenvalue weighted by atomic mass is 32.2. The van der Waals surface area contributed by atoms with Gasteiger partial charge in [-0.25, -0.2) is 13.1 Å². The molecule has 0 heterocycles. The molecule has 0 saturated heterocycles. The fourth-order valence-corrected chi connectivity index (χ4v) is 3.38. The second-order valence-corrected chi connectivity index (χ2v) is 8.51. The Labute approximate surface area is 145 Å². The van der Waals surface area contributed by atoms with E-state index in [1.807, 2.05) is 20.8 Å². The molecule has 4 N–H and O–H groups in total. The first-order valence-corrected chi connectivity index (χ1v) is 9.72. The van der Waals surface area contributed by atoms with Crippen molar-refractivity contribution in [1.82, 2.24) is 10.0 Å². The van der Waals surface area contributed by atoms with E-state index in [1.165, 1.54) is 12.1 Å². The molecule has 1 amide bonds. The summed E-state index contributed by atoms with van der Waals surface area (Å²) in [7, 11) is -3.49. The van der Waals surface area contributed by atoms with Crippen LogP contribution in [0.25, 0.3) is 0 Å². The quantitative estimate of drug-likeness (QED) is 0.628. The number of sulfonamides is 1. The summed E-state index contributed by atoms with van der Waals surface area (Å²) in [6.45, 7) is 8.28. The highest BCUT2D eigenvalue weighted by molar-refractivity contribution is 7.89. The topological polar surface area (TPSA) is 101 Å². The number of rotatable bonds is 9. The van der Waals surface area contributed by atoms with Crippen LogP contribution in [0.5, 0.6) is 0 Å². The summed E-state index contributed by atoms with van der Waals surface area (Å²) >= 11 is 0. The Bertz CT molecular complexity index is 638. The maximum absolute atomic E-state index is 12.1. The molecule has 0 aliphatic heterocycles. The predicted molar refractivity (Wildman–Crippen MR) is 95.8 cm³/mol. The minimum absolute atomic E-state index is 0.209. The van der Waals surface area contributed by atoms with Crippen molar-refractivity contribution >= 4 is 15.9 Å². The van der Waals surface area contributed by atoms with E-state index in [9.17, 15) is 13.2 Å². The molecular weight excluding hydrogens is 326 g/mol. The lowest BCUT2D eigenvalue weighted by atomic mass is 9.96. The van der Waals surface area contributed by atoms with Crippen molar-refractivity contribution in [2.24, 2.45) is 11.7 Å². The van der Waals surface area contributed by atoms with E-state index in [-0.39, 0.29) is 16.7 Å². The van der Waals surface area contributed by atoms with E-state index < -0.39 is 15.6 Å². The largest absolute Gasteiger partial charge is 0.350 e. The van der Waals surface area contributed by atoms with Gasteiger partial charge in [0.1, 0.15) is 0 Å². The number of amides is 1. The second-order valence-electron chi connectivity index (χ2n) is 6.74. The molecule has 0 spiro atoms. The summed E-state index contributed by atoms with van der Waals surface area (Å²) in [5.41, 5.74) is 5.90. The van der Waals surface area contributed by atoms with Gasteiger partial charge in [-0.05, 0) is 37.0 Å². The third kappa shape index (κ3) is 6.22. The monoisotopic (exact) mass is 355 g/mol. The molecule has 0 radical (unpaired) electrons. The Kier molecular flexibility index (Phi) is 7.38. The van der Waals surface area contributed by atoms with Gasteiger partial charge in [0.15, 0.2) is 0 Å². The fourth-order valence-electron chi connectivity index (χ4n) is 2.16. The van der Waals surface area contributed by atoms with Crippen molar-refractivity contribution in [2.75, 3.05) is 6.54 Å². The van der Waals surface area contributed by atoms with Crippen molar-refractivity contribution in [2.45, 2.75) is 57.5 Å². The van der Waals surface area contributed by atoms with Crippen LogP contribution in [0.3, 0.4) is 0 Å². The SMILES string of the molecule is CCCC(C)(N)C(=O)NCc1ccc(S(=O)(=O)NCC(C)C)cc1. The summed E-state index contributed by atoms with van der Waals surface area (Å²) in [4.78, 5) is 12.3. The van der Waals surface area contributed by atoms with Crippen molar-refractivity contribution in [3.05, 3.63) is 29.8 Å². The van der Waals surface area contributed by atoms with E-state index in [0.29, 0.717) is 19.5 Å². The highest BCUT2D eigenvalue weighted by Crippen LogP contribution is 2.12. The van der Waals surface area contributed by atoms with Crippen molar-refractivity contribution in [3.8, 4) is 0 Å². The van der Waals surface area contributed by atoms with Gasteiger partial charge in [0, 0.05) is 13.1 Å². The summed E-state index contributed by atoms with van der Waals surface area (Å²) < 4.78 is 26.8. The Balaban J connectivity index is 2.67. The molecule has 1 aromatic carbocycles. The van der Waals surface area contributed by atoms with Gasteiger partial charge in [-0.15, -0.1) is 0 Å². The third-order valence-corrected chi connectivity index (χ3v) is 5.10. The molecule has 0 bridgehead atoms. The van der Waals surface area contributed by atoms with Crippen LogP contribution in [0.2, 0.25) is 0 Å². The zero-order valence-electron chi connectivity index (χ0n) is 14.9. The van der Waals surface area contributed by atoms with Gasteiger partial charge in [-0.2, -0.15) is 0 Å². The van der Waals surface area contributed by atoms with Crippen LogP contribution in [0, 0.1) is 5.92 Å². The Morgan fingerprint density at radius 1 is 1.25 bits per heavy atom. The number of hydrogen-bond acceptors (Lipinski definition) is 4. The van der Waals surface area contributed by atoms with Crippen LogP contribution in [0.4, 0.5) is 0 Å². The van der Waals surface area contributed by atoms with Gasteiger partial charge in [-0.3, -0.25) is 4.79 Å². The molecular formula is C17H29N3O3S. The number of nitrogens with two attached hydrogens (primary N) is 1. The van der Waals surface area contributed by atoms with Gasteiger partial charge in [0.25, 0.3) is 0 Å². The van der Waals surface area contributed by atoms with E-state index in [0.717, 1.165) is 12.0 Å². The molecule has 7 heteroatoms. The molecule has 0 saturated carbocycles. The van der Waals surface area contributed by atoms with Gasteiger partial charge in [0.2, 0.25) is 15.9 Å². The minimum atomic E-state index is -3.49. The first kappa shape index (κ1) is 20.6.